The van der Waals surface area contributed by atoms with Crippen molar-refractivity contribution in [2.45, 2.75) is 170 Å². The molecule has 0 radical (unpaired) electrons. The molecule has 0 aliphatic heterocycles. The van der Waals surface area contributed by atoms with E-state index in [0.717, 1.165) is 24.2 Å². The van der Waals surface area contributed by atoms with Crippen LogP contribution in [-0.2, 0) is 18.4 Å². The lowest BCUT2D eigenvalue weighted by atomic mass is 9.79. The van der Waals surface area contributed by atoms with Gasteiger partial charge in [0.05, 0.1) is 16.9 Å². The maximum atomic E-state index is 4.86. The van der Waals surface area contributed by atoms with Gasteiger partial charge in [0.1, 0.15) is 0 Å². The van der Waals surface area contributed by atoms with Gasteiger partial charge in [-0.2, -0.15) is 0 Å². The second kappa shape index (κ2) is 14.8. The van der Waals surface area contributed by atoms with Crippen molar-refractivity contribution in [3.8, 4) is 0 Å². The fourth-order valence-electron chi connectivity index (χ4n) is 6.77. The Hall–Kier alpha value is -0.860. The molecule has 0 aromatic carbocycles. The van der Waals surface area contributed by atoms with Crippen LogP contribution < -0.4 is 0 Å². The van der Waals surface area contributed by atoms with Crippen molar-refractivity contribution >= 4 is 0 Å². The van der Waals surface area contributed by atoms with Crippen LogP contribution in [0.5, 0.6) is 0 Å². The second-order valence-corrected chi connectivity index (χ2v) is 12.5. The van der Waals surface area contributed by atoms with Crippen LogP contribution >= 0.6 is 0 Å². The van der Waals surface area contributed by atoms with Gasteiger partial charge < -0.3 is 0 Å². The maximum absolute atomic E-state index is 4.86. The molecule has 1 aromatic heterocycles. The van der Waals surface area contributed by atoms with Gasteiger partial charge in [0, 0.05) is 0 Å². The summed E-state index contributed by atoms with van der Waals surface area (Å²) < 4.78 is 2.43. The summed E-state index contributed by atoms with van der Waals surface area (Å²) in [7, 11) is 0. The molecular weight excluding hydrogens is 426 g/mol. The lowest BCUT2D eigenvalue weighted by Gasteiger charge is -2.32. The van der Waals surface area contributed by atoms with Gasteiger partial charge in [0.15, 0.2) is 0 Å². The Morgan fingerprint density at radius 2 is 1.34 bits per heavy atom. The molecule has 0 saturated heterocycles. The van der Waals surface area contributed by atoms with Gasteiger partial charge in [-0.3, -0.25) is 0 Å². The average molecular weight is 488 g/mol. The smallest absolute Gasteiger partial charge is 0.0856 e. The number of unbranched alkanes of at least 4 members (excludes halogenated alkanes) is 6. The molecule has 1 fully saturated rings. The highest BCUT2D eigenvalue weighted by Gasteiger charge is 2.50. The largest absolute Gasteiger partial charge is 0.243 e. The Balaban J connectivity index is 2.15. The lowest BCUT2D eigenvalue weighted by molar-refractivity contribution is 0.216. The molecule has 1 aromatic rings. The van der Waals surface area contributed by atoms with Crippen LogP contribution in [0.4, 0.5) is 0 Å². The fraction of sp³-hybridized carbons (Fsp3) is 0.938. The number of nitrogens with zero attached hydrogens (tertiary/aromatic N) is 3. The summed E-state index contributed by atoms with van der Waals surface area (Å²) >= 11 is 0. The highest BCUT2D eigenvalue weighted by Crippen LogP contribution is 2.57. The Bertz CT molecular complexity index is 704. The zero-order valence-electron chi connectivity index (χ0n) is 25.1. The van der Waals surface area contributed by atoms with Crippen molar-refractivity contribution in [1.82, 2.24) is 15.0 Å². The summed E-state index contributed by atoms with van der Waals surface area (Å²) in [5.74, 6) is 2.79. The minimum Gasteiger partial charge on any atom is -0.243 e. The molecule has 1 aliphatic rings. The van der Waals surface area contributed by atoms with E-state index in [9.17, 15) is 0 Å². The molecule has 3 heteroatoms. The molecule has 0 amide bonds. The first-order valence-corrected chi connectivity index (χ1v) is 15.8. The molecule has 1 heterocycles. The van der Waals surface area contributed by atoms with E-state index in [1.54, 1.807) is 0 Å². The van der Waals surface area contributed by atoms with E-state index < -0.39 is 0 Å². The van der Waals surface area contributed by atoms with E-state index in [2.05, 4.69) is 60.1 Å². The van der Waals surface area contributed by atoms with Crippen LogP contribution in [0.1, 0.15) is 163 Å². The molecule has 0 bridgehead atoms. The van der Waals surface area contributed by atoms with Crippen molar-refractivity contribution in [1.29, 1.82) is 0 Å². The quantitative estimate of drug-likeness (QED) is 0.171. The minimum absolute atomic E-state index is 0.118. The average Bonchev–Trinajstić information content (AvgIpc) is 3.33. The third-order valence-electron chi connectivity index (χ3n) is 9.96. The highest BCUT2D eigenvalue weighted by atomic mass is 15.5. The molecule has 1 unspecified atom stereocenters. The van der Waals surface area contributed by atoms with E-state index in [1.807, 2.05) is 0 Å². The molecule has 0 spiro atoms. The minimum atomic E-state index is 0.118. The van der Waals surface area contributed by atoms with Gasteiger partial charge in [0.2, 0.25) is 0 Å². The summed E-state index contributed by atoms with van der Waals surface area (Å²) in [6, 6.07) is 0. The van der Waals surface area contributed by atoms with Gasteiger partial charge in [-0.05, 0) is 68.6 Å². The van der Waals surface area contributed by atoms with E-state index in [4.69, 9.17) is 10.3 Å². The third kappa shape index (κ3) is 8.32. The highest BCUT2D eigenvalue weighted by molar-refractivity contribution is 5.14. The van der Waals surface area contributed by atoms with Crippen LogP contribution in [0, 0.1) is 23.2 Å². The Kier molecular flexibility index (Phi) is 12.8. The predicted molar refractivity (Wildman–Crippen MR) is 153 cm³/mol. The Labute approximate surface area is 219 Å². The summed E-state index contributed by atoms with van der Waals surface area (Å²) in [6.45, 7) is 19.1. The topological polar surface area (TPSA) is 30.7 Å². The van der Waals surface area contributed by atoms with Crippen molar-refractivity contribution in [2.75, 3.05) is 0 Å². The first-order chi connectivity index (χ1) is 16.8. The van der Waals surface area contributed by atoms with Gasteiger partial charge in [-0.25, -0.2) is 4.68 Å². The molecule has 35 heavy (non-hydrogen) atoms. The summed E-state index contributed by atoms with van der Waals surface area (Å²) in [4.78, 5) is 0. The summed E-state index contributed by atoms with van der Waals surface area (Å²) in [5, 5.41) is 9.60. The van der Waals surface area contributed by atoms with Crippen LogP contribution in [0.2, 0.25) is 0 Å². The van der Waals surface area contributed by atoms with Gasteiger partial charge in [0.25, 0.3) is 0 Å². The zero-order chi connectivity index (χ0) is 25.9. The molecular formula is C32H61N3. The summed E-state index contributed by atoms with van der Waals surface area (Å²) in [6.07, 6.45) is 22.0. The zero-order valence-corrected chi connectivity index (χ0v) is 25.1. The van der Waals surface area contributed by atoms with Crippen molar-refractivity contribution in [3.63, 3.8) is 0 Å². The third-order valence-corrected chi connectivity index (χ3v) is 9.96. The first-order valence-electron chi connectivity index (χ1n) is 15.8. The monoisotopic (exact) mass is 487 g/mol. The molecule has 1 aliphatic carbocycles. The lowest BCUT2D eigenvalue weighted by Crippen LogP contribution is -2.33. The molecule has 3 nitrogen and oxygen atoms in total. The van der Waals surface area contributed by atoms with Gasteiger partial charge in [-0.15, -0.1) is 5.10 Å². The van der Waals surface area contributed by atoms with Gasteiger partial charge >= 0.3 is 0 Å². The van der Waals surface area contributed by atoms with Crippen LogP contribution in [0.3, 0.4) is 0 Å². The van der Waals surface area contributed by atoms with E-state index in [0.29, 0.717) is 5.41 Å². The summed E-state index contributed by atoms with van der Waals surface area (Å²) in [5.41, 5.74) is 3.37. The number of aromatic nitrogens is 3. The van der Waals surface area contributed by atoms with Crippen molar-refractivity contribution in [2.24, 2.45) is 23.2 Å². The fourth-order valence-corrected chi connectivity index (χ4v) is 6.77. The van der Waals surface area contributed by atoms with Crippen LogP contribution in [0.25, 0.3) is 0 Å². The standard InChI is InChI=1S/C32H61N3/c1-9-15-17-18-20-24-32(8,23-19-16-10-2)35-30(29(12-4)33-34-35)22-21-27-26(11-3)28(27)25-31(7,13-5)14-6/h26-28H,9-25H2,1-8H3/t26-,27+,28-,32?/m1/s1. The Morgan fingerprint density at radius 1 is 0.743 bits per heavy atom. The first kappa shape index (κ1) is 30.4. The molecule has 204 valence electrons. The SMILES string of the molecule is CCCCCCCC(C)(CCCCC)n1nnc(CC)c1CC[C@H]1[C@@H](CC)[C@H]1CC(C)(CC)CC. The number of rotatable bonds is 20. The second-order valence-electron chi connectivity index (χ2n) is 12.5. The Morgan fingerprint density at radius 3 is 1.91 bits per heavy atom. The maximum Gasteiger partial charge on any atom is 0.0856 e. The predicted octanol–water partition coefficient (Wildman–Crippen LogP) is 9.92. The van der Waals surface area contributed by atoms with E-state index in [1.165, 1.54) is 114 Å². The number of hydrogen-bond acceptors (Lipinski definition) is 2. The number of hydrogen-bond donors (Lipinski definition) is 0. The van der Waals surface area contributed by atoms with Crippen molar-refractivity contribution < 1.29 is 0 Å². The van der Waals surface area contributed by atoms with E-state index >= 15 is 0 Å². The normalized spacial score (nSPS) is 21.9. The van der Waals surface area contributed by atoms with Gasteiger partial charge in [-0.1, -0.05) is 124 Å². The van der Waals surface area contributed by atoms with Crippen LogP contribution in [-0.4, -0.2) is 15.0 Å². The molecule has 2 rings (SSSR count). The van der Waals surface area contributed by atoms with E-state index in [-0.39, 0.29) is 5.54 Å². The molecule has 4 atom stereocenters. The van der Waals surface area contributed by atoms with Crippen molar-refractivity contribution in [3.05, 3.63) is 11.4 Å². The molecule has 1 saturated carbocycles. The molecule has 0 N–H and O–H groups in total. The van der Waals surface area contributed by atoms with Crippen LogP contribution in [0.15, 0.2) is 0 Å². The number of aryl methyl sites for hydroxylation is 1.